The summed E-state index contributed by atoms with van der Waals surface area (Å²) in [7, 11) is 1.93. The molecule has 2 unspecified atom stereocenters. The molecule has 1 saturated heterocycles. The number of para-hydroxylation sites is 1. The summed E-state index contributed by atoms with van der Waals surface area (Å²) in [6, 6.07) is 8.04. The molecule has 1 aliphatic rings. The SMILES string of the molecule is CC(OCC1CCCO1)C(=O)N/N=c1/sc2ccccc2n1C. The average Bonchev–Trinajstić information content (AvgIpc) is 3.19. The van der Waals surface area contributed by atoms with Gasteiger partial charge in [-0.25, -0.2) is 5.43 Å². The lowest BCUT2D eigenvalue weighted by molar-refractivity contribution is -0.133. The Morgan fingerprint density at radius 1 is 1.57 bits per heavy atom. The number of thiazole rings is 1. The molecule has 7 heteroatoms. The molecule has 1 aromatic carbocycles. The first kappa shape index (κ1) is 16.2. The number of hydrogen-bond donors (Lipinski definition) is 1. The van der Waals surface area contributed by atoms with Gasteiger partial charge in [-0.3, -0.25) is 4.79 Å². The number of ether oxygens (including phenoxy) is 2. The average molecular weight is 335 g/mol. The summed E-state index contributed by atoms with van der Waals surface area (Å²) in [6.45, 7) is 2.96. The van der Waals surface area contributed by atoms with E-state index in [-0.39, 0.29) is 12.0 Å². The molecular formula is C16H21N3O3S. The Morgan fingerprint density at radius 2 is 2.39 bits per heavy atom. The van der Waals surface area contributed by atoms with Crippen molar-refractivity contribution < 1.29 is 14.3 Å². The highest BCUT2D eigenvalue weighted by atomic mass is 32.1. The maximum Gasteiger partial charge on any atom is 0.268 e. The zero-order valence-electron chi connectivity index (χ0n) is 13.3. The number of nitrogens with zero attached hydrogens (tertiary/aromatic N) is 2. The minimum atomic E-state index is -0.553. The molecule has 6 nitrogen and oxygen atoms in total. The molecule has 1 amide bonds. The summed E-state index contributed by atoms with van der Waals surface area (Å²) in [5.74, 6) is -0.250. The predicted molar refractivity (Wildman–Crippen MR) is 88.9 cm³/mol. The second-order valence-electron chi connectivity index (χ2n) is 5.61. The first-order valence-corrected chi connectivity index (χ1v) is 8.58. The fraction of sp³-hybridized carbons (Fsp3) is 0.500. The van der Waals surface area contributed by atoms with Gasteiger partial charge in [-0.1, -0.05) is 23.5 Å². The summed E-state index contributed by atoms with van der Waals surface area (Å²) < 4.78 is 14.1. The van der Waals surface area contributed by atoms with Gasteiger partial charge < -0.3 is 14.0 Å². The smallest absolute Gasteiger partial charge is 0.268 e. The maximum atomic E-state index is 12.1. The summed E-state index contributed by atoms with van der Waals surface area (Å²) in [4.78, 5) is 12.8. The number of rotatable bonds is 5. The number of carbonyl (C=O) groups is 1. The van der Waals surface area contributed by atoms with Crippen molar-refractivity contribution in [3.05, 3.63) is 29.1 Å². The van der Waals surface area contributed by atoms with Crippen molar-refractivity contribution >= 4 is 27.5 Å². The number of fused-ring (bicyclic) bond motifs is 1. The number of hydrogen-bond acceptors (Lipinski definition) is 5. The van der Waals surface area contributed by atoms with Crippen LogP contribution in [-0.4, -0.2) is 35.9 Å². The summed E-state index contributed by atoms with van der Waals surface area (Å²) in [5.41, 5.74) is 3.68. The van der Waals surface area contributed by atoms with E-state index in [2.05, 4.69) is 10.5 Å². The van der Waals surface area contributed by atoms with Crippen molar-refractivity contribution in [3.8, 4) is 0 Å². The zero-order chi connectivity index (χ0) is 16.2. The van der Waals surface area contributed by atoms with Crippen LogP contribution in [0.1, 0.15) is 19.8 Å². The van der Waals surface area contributed by atoms with Gasteiger partial charge >= 0.3 is 0 Å². The van der Waals surface area contributed by atoms with E-state index < -0.39 is 6.10 Å². The van der Waals surface area contributed by atoms with Crippen molar-refractivity contribution in [1.82, 2.24) is 9.99 Å². The quantitative estimate of drug-likeness (QED) is 0.847. The number of aryl methyl sites for hydroxylation is 1. The van der Waals surface area contributed by atoms with E-state index in [0.717, 1.165) is 34.5 Å². The molecule has 0 aliphatic carbocycles. The van der Waals surface area contributed by atoms with Crippen LogP contribution in [0.2, 0.25) is 0 Å². The third kappa shape index (κ3) is 3.80. The van der Waals surface area contributed by atoms with Crippen molar-refractivity contribution in [1.29, 1.82) is 0 Å². The van der Waals surface area contributed by atoms with Crippen LogP contribution in [0.3, 0.4) is 0 Å². The van der Waals surface area contributed by atoms with Crippen molar-refractivity contribution in [3.63, 3.8) is 0 Å². The minimum absolute atomic E-state index is 0.114. The Bertz CT molecular complexity index is 746. The molecular weight excluding hydrogens is 314 g/mol. The van der Waals surface area contributed by atoms with E-state index in [1.165, 1.54) is 11.3 Å². The third-order valence-corrected chi connectivity index (χ3v) is 5.01. The Kier molecular flexibility index (Phi) is 5.09. The highest BCUT2D eigenvalue weighted by Gasteiger charge is 2.19. The van der Waals surface area contributed by atoms with Gasteiger partial charge in [-0.2, -0.15) is 0 Å². The molecule has 3 rings (SSSR count). The van der Waals surface area contributed by atoms with Crippen molar-refractivity contribution in [2.24, 2.45) is 12.1 Å². The third-order valence-electron chi connectivity index (χ3n) is 3.90. The predicted octanol–water partition coefficient (Wildman–Crippen LogP) is 1.76. The van der Waals surface area contributed by atoms with Gasteiger partial charge in [-0.05, 0) is 31.9 Å². The second kappa shape index (κ2) is 7.25. The van der Waals surface area contributed by atoms with Crippen LogP contribution < -0.4 is 10.2 Å². The molecule has 124 valence electrons. The fourth-order valence-electron chi connectivity index (χ4n) is 2.49. The molecule has 0 bridgehead atoms. The molecule has 23 heavy (non-hydrogen) atoms. The molecule has 2 heterocycles. The lowest BCUT2D eigenvalue weighted by Gasteiger charge is -2.14. The molecule has 0 spiro atoms. The molecule has 1 aromatic heterocycles. The number of amides is 1. The van der Waals surface area contributed by atoms with Gasteiger partial charge in [0.25, 0.3) is 5.91 Å². The van der Waals surface area contributed by atoms with Gasteiger partial charge in [0.05, 0.1) is 22.9 Å². The van der Waals surface area contributed by atoms with Gasteiger partial charge in [0.1, 0.15) is 6.10 Å². The molecule has 0 radical (unpaired) electrons. The standard InChI is InChI=1S/C16H21N3O3S/c1-11(22-10-12-6-5-9-21-12)15(20)17-18-16-19(2)13-7-3-4-8-14(13)23-16/h3-4,7-8,11-12H,5-6,9-10H2,1-2H3,(H,17,20)/b18-16+. The molecule has 1 N–H and O–H groups in total. The van der Waals surface area contributed by atoms with E-state index in [4.69, 9.17) is 9.47 Å². The lowest BCUT2D eigenvalue weighted by Crippen LogP contribution is -2.34. The normalized spacial score (nSPS) is 20.1. The Balaban J connectivity index is 1.61. The highest BCUT2D eigenvalue weighted by molar-refractivity contribution is 7.16. The fourth-order valence-corrected chi connectivity index (χ4v) is 3.46. The van der Waals surface area contributed by atoms with Gasteiger partial charge in [0, 0.05) is 13.7 Å². The lowest BCUT2D eigenvalue weighted by atomic mass is 10.2. The maximum absolute atomic E-state index is 12.1. The molecule has 0 saturated carbocycles. The van der Waals surface area contributed by atoms with E-state index in [1.54, 1.807) is 6.92 Å². The zero-order valence-corrected chi connectivity index (χ0v) is 14.1. The Hall–Kier alpha value is -1.70. The Labute approximate surface area is 138 Å². The van der Waals surface area contributed by atoms with Gasteiger partial charge in [0.2, 0.25) is 4.80 Å². The number of carbonyl (C=O) groups excluding carboxylic acids is 1. The topological polar surface area (TPSA) is 64.8 Å². The molecule has 2 atom stereocenters. The summed E-state index contributed by atoms with van der Waals surface area (Å²) in [5, 5.41) is 4.21. The van der Waals surface area contributed by atoms with E-state index >= 15 is 0 Å². The van der Waals surface area contributed by atoms with Gasteiger partial charge in [-0.15, -0.1) is 5.10 Å². The number of nitrogens with one attached hydrogen (secondary N) is 1. The van der Waals surface area contributed by atoms with E-state index in [0.29, 0.717) is 6.61 Å². The molecule has 1 fully saturated rings. The number of benzene rings is 1. The van der Waals surface area contributed by atoms with Crippen molar-refractivity contribution in [2.75, 3.05) is 13.2 Å². The number of aromatic nitrogens is 1. The largest absolute Gasteiger partial charge is 0.376 e. The van der Waals surface area contributed by atoms with Crippen LogP contribution in [0.4, 0.5) is 0 Å². The Morgan fingerprint density at radius 3 is 3.13 bits per heavy atom. The van der Waals surface area contributed by atoms with E-state index in [9.17, 15) is 4.79 Å². The van der Waals surface area contributed by atoms with E-state index in [1.807, 2.05) is 35.9 Å². The minimum Gasteiger partial charge on any atom is -0.376 e. The first-order valence-electron chi connectivity index (χ1n) is 7.76. The van der Waals surface area contributed by atoms with Crippen LogP contribution >= 0.6 is 11.3 Å². The van der Waals surface area contributed by atoms with Crippen molar-refractivity contribution in [2.45, 2.75) is 32.0 Å². The summed E-state index contributed by atoms with van der Waals surface area (Å²) in [6.07, 6.45) is 1.62. The monoisotopic (exact) mass is 335 g/mol. The van der Waals surface area contributed by atoms with Gasteiger partial charge in [0.15, 0.2) is 0 Å². The van der Waals surface area contributed by atoms with Crippen LogP contribution in [0.25, 0.3) is 10.2 Å². The second-order valence-corrected chi connectivity index (χ2v) is 6.62. The van der Waals surface area contributed by atoms with Crippen LogP contribution in [-0.2, 0) is 21.3 Å². The highest BCUT2D eigenvalue weighted by Crippen LogP contribution is 2.15. The van der Waals surface area contributed by atoms with Crippen LogP contribution in [0, 0.1) is 0 Å². The molecule has 1 aliphatic heterocycles. The summed E-state index contributed by atoms with van der Waals surface area (Å²) >= 11 is 1.53. The van der Waals surface area contributed by atoms with Crippen LogP contribution in [0.15, 0.2) is 29.4 Å². The first-order chi connectivity index (χ1) is 11.1. The molecule has 2 aromatic rings. The van der Waals surface area contributed by atoms with Crippen LogP contribution in [0.5, 0.6) is 0 Å².